The monoisotopic (exact) mass is 448 g/mol. The zero-order valence-electron chi connectivity index (χ0n) is 18.5. The molecule has 170 valence electrons. The number of nitrogens with one attached hydrogen (secondary N) is 1. The third-order valence-electron chi connectivity index (χ3n) is 5.37. The van der Waals surface area contributed by atoms with Crippen LogP contribution in [0.4, 0.5) is 10.1 Å². The molecule has 6 nitrogen and oxygen atoms in total. The average Bonchev–Trinajstić information content (AvgIpc) is 2.96. The van der Waals surface area contributed by atoms with E-state index in [1.165, 1.54) is 23.1 Å². The second-order valence-corrected chi connectivity index (χ2v) is 7.55. The van der Waals surface area contributed by atoms with Gasteiger partial charge in [0.25, 0.3) is 5.91 Å². The van der Waals surface area contributed by atoms with E-state index in [0.717, 1.165) is 5.56 Å². The number of benzene rings is 3. The van der Waals surface area contributed by atoms with Gasteiger partial charge in [-0.25, -0.2) is 4.39 Å². The molecule has 3 aromatic carbocycles. The maximum absolute atomic E-state index is 14.3. The molecule has 4 rings (SSSR count). The van der Waals surface area contributed by atoms with E-state index in [9.17, 15) is 14.0 Å². The third-order valence-corrected chi connectivity index (χ3v) is 5.37. The van der Waals surface area contributed by atoms with Crippen LogP contribution < -0.4 is 14.8 Å². The summed E-state index contributed by atoms with van der Waals surface area (Å²) in [5, 5.41) is 2.80. The van der Waals surface area contributed by atoms with Crippen LogP contribution in [0.3, 0.4) is 0 Å². The third kappa shape index (κ3) is 4.67. The molecule has 0 saturated carbocycles. The Bertz CT molecular complexity index is 1170. The first-order valence-corrected chi connectivity index (χ1v) is 10.9. The van der Waals surface area contributed by atoms with Crippen LogP contribution in [-0.2, 0) is 4.79 Å². The molecular formula is C26H25FN2O4. The quantitative estimate of drug-likeness (QED) is 0.588. The van der Waals surface area contributed by atoms with Crippen LogP contribution in [0.5, 0.6) is 11.5 Å². The van der Waals surface area contributed by atoms with Crippen LogP contribution in [0.25, 0.3) is 0 Å². The van der Waals surface area contributed by atoms with E-state index in [-0.39, 0.29) is 18.4 Å². The summed E-state index contributed by atoms with van der Waals surface area (Å²) in [6.07, 6.45) is 0. The van der Waals surface area contributed by atoms with E-state index in [1.54, 1.807) is 18.2 Å². The summed E-state index contributed by atoms with van der Waals surface area (Å²) in [5.41, 5.74) is 2.10. The second-order valence-electron chi connectivity index (χ2n) is 7.55. The maximum atomic E-state index is 14.3. The molecule has 0 bridgehead atoms. The number of amides is 2. The largest absolute Gasteiger partial charge is 0.490 e. The minimum absolute atomic E-state index is 0.189. The van der Waals surface area contributed by atoms with Gasteiger partial charge in [-0.2, -0.15) is 0 Å². The van der Waals surface area contributed by atoms with Crippen molar-refractivity contribution < 1.29 is 23.5 Å². The lowest BCUT2D eigenvalue weighted by Gasteiger charge is -2.31. The minimum atomic E-state index is -0.662. The van der Waals surface area contributed by atoms with Crippen molar-refractivity contribution >= 4 is 17.5 Å². The van der Waals surface area contributed by atoms with Crippen LogP contribution in [0.1, 0.15) is 41.4 Å². The SMILES string of the molecule is CCOc1ccc(C(=O)N2CC(=O)Nc3ccc(F)cc3C2c2ccccc2)cc1OCC. The van der Waals surface area contributed by atoms with Gasteiger partial charge in [0.15, 0.2) is 11.5 Å². The maximum Gasteiger partial charge on any atom is 0.255 e. The number of carbonyl (C=O) groups excluding carboxylic acids is 2. The van der Waals surface area contributed by atoms with Gasteiger partial charge in [0.1, 0.15) is 12.4 Å². The van der Waals surface area contributed by atoms with Crippen LogP contribution in [-0.4, -0.2) is 36.5 Å². The fourth-order valence-corrected chi connectivity index (χ4v) is 4.01. The minimum Gasteiger partial charge on any atom is -0.490 e. The Morgan fingerprint density at radius 1 is 1.00 bits per heavy atom. The van der Waals surface area contributed by atoms with Gasteiger partial charge in [-0.05, 0) is 55.8 Å². The number of carbonyl (C=O) groups is 2. The Hall–Kier alpha value is -3.87. The molecule has 3 aromatic rings. The highest BCUT2D eigenvalue weighted by Gasteiger charge is 2.34. The zero-order chi connectivity index (χ0) is 23.4. The molecule has 1 N–H and O–H groups in total. The Kier molecular flexibility index (Phi) is 6.58. The molecule has 1 aliphatic heterocycles. The van der Waals surface area contributed by atoms with Crippen LogP contribution in [0, 0.1) is 5.82 Å². The number of anilines is 1. The van der Waals surface area contributed by atoms with Crippen molar-refractivity contribution in [2.24, 2.45) is 0 Å². The fraction of sp³-hybridized carbons (Fsp3) is 0.231. The molecule has 1 atom stereocenters. The molecule has 7 heteroatoms. The number of fused-ring (bicyclic) bond motifs is 1. The predicted molar refractivity (Wildman–Crippen MR) is 123 cm³/mol. The molecule has 33 heavy (non-hydrogen) atoms. The molecule has 1 heterocycles. The molecule has 0 saturated heterocycles. The average molecular weight is 448 g/mol. The van der Waals surface area contributed by atoms with E-state index in [4.69, 9.17) is 9.47 Å². The predicted octanol–water partition coefficient (Wildman–Crippen LogP) is 4.81. The first-order valence-electron chi connectivity index (χ1n) is 10.9. The molecule has 0 radical (unpaired) electrons. The molecule has 0 aromatic heterocycles. The number of halogens is 1. The highest BCUT2D eigenvalue weighted by atomic mass is 19.1. The summed E-state index contributed by atoms with van der Waals surface area (Å²) in [6, 6.07) is 17.7. The van der Waals surface area contributed by atoms with Crippen molar-refractivity contribution in [2.45, 2.75) is 19.9 Å². The first kappa shape index (κ1) is 22.3. The number of nitrogens with zero attached hydrogens (tertiary/aromatic N) is 1. The van der Waals surface area contributed by atoms with Crippen molar-refractivity contribution in [3.8, 4) is 11.5 Å². The van der Waals surface area contributed by atoms with Gasteiger partial charge < -0.3 is 19.7 Å². The topological polar surface area (TPSA) is 67.9 Å². The molecule has 1 aliphatic rings. The summed E-state index contributed by atoms with van der Waals surface area (Å²) in [7, 11) is 0. The molecule has 1 unspecified atom stereocenters. The van der Waals surface area contributed by atoms with Crippen LogP contribution in [0.15, 0.2) is 66.7 Å². The summed E-state index contributed by atoms with van der Waals surface area (Å²) in [6.45, 7) is 4.39. The molecule has 0 spiro atoms. The molecule has 0 aliphatic carbocycles. The standard InChI is InChI=1S/C26H25FN2O4/c1-3-32-22-13-10-18(14-23(22)33-4-2)26(31)29-16-24(30)28-21-12-11-19(27)15-20(21)25(29)17-8-6-5-7-9-17/h5-15,25H,3-4,16H2,1-2H3,(H,28,30). The number of hydrogen-bond acceptors (Lipinski definition) is 4. The first-order chi connectivity index (χ1) is 16.0. The van der Waals surface area contributed by atoms with Gasteiger partial charge in [-0.3, -0.25) is 9.59 Å². The van der Waals surface area contributed by atoms with Crippen molar-refractivity contribution in [3.63, 3.8) is 0 Å². The number of rotatable bonds is 6. The lowest BCUT2D eigenvalue weighted by molar-refractivity contribution is -0.117. The Labute approximate surface area is 191 Å². The van der Waals surface area contributed by atoms with Crippen LogP contribution >= 0.6 is 0 Å². The lowest BCUT2D eigenvalue weighted by atomic mass is 9.95. The zero-order valence-corrected chi connectivity index (χ0v) is 18.5. The normalized spacial score (nSPS) is 15.3. The highest BCUT2D eigenvalue weighted by molar-refractivity contribution is 6.01. The van der Waals surface area contributed by atoms with Crippen LogP contribution in [0.2, 0.25) is 0 Å². The van der Waals surface area contributed by atoms with Gasteiger partial charge in [-0.15, -0.1) is 0 Å². The number of ether oxygens (including phenoxy) is 2. The van der Waals surface area contributed by atoms with Gasteiger partial charge in [0.2, 0.25) is 5.91 Å². The van der Waals surface area contributed by atoms with Gasteiger partial charge >= 0.3 is 0 Å². The summed E-state index contributed by atoms with van der Waals surface area (Å²) < 4.78 is 25.5. The number of hydrogen-bond donors (Lipinski definition) is 1. The summed E-state index contributed by atoms with van der Waals surface area (Å²) in [4.78, 5) is 27.9. The smallest absolute Gasteiger partial charge is 0.255 e. The Balaban J connectivity index is 1.82. The summed E-state index contributed by atoms with van der Waals surface area (Å²) in [5.74, 6) is -0.188. The van der Waals surface area contributed by atoms with Crippen molar-refractivity contribution in [1.82, 2.24) is 4.90 Å². The van der Waals surface area contributed by atoms with E-state index >= 15 is 0 Å². The van der Waals surface area contributed by atoms with E-state index in [1.807, 2.05) is 44.2 Å². The van der Waals surface area contributed by atoms with Crippen molar-refractivity contribution in [1.29, 1.82) is 0 Å². The second kappa shape index (κ2) is 9.73. The molecule has 0 fully saturated rings. The fourth-order valence-electron chi connectivity index (χ4n) is 4.01. The molecular weight excluding hydrogens is 423 g/mol. The van der Waals surface area contributed by atoms with Gasteiger partial charge in [0, 0.05) is 16.8 Å². The van der Waals surface area contributed by atoms with Gasteiger partial charge in [-0.1, -0.05) is 30.3 Å². The molecule has 2 amide bonds. The summed E-state index contributed by atoms with van der Waals surface area (Å²) >= 11 is 0. The van der Waals surface area contributed by atoms with Gasteiger partial charge in [0.05, 0.1) is 19.3 Å². The van der Waals surface area contributed by atoms with Crippen molar-refractivity contribution in [2.75, 3.05) is 25.1 Å². The highest BCUT2D eigenvalue weighted by Crippen LogP contribution is 2.38. The lowest BCUT2D eigenvalue weighted by Crippen LogP contribution is -2.39. The van der Waals surface area contributed by atoms with Crippen molar-refractivity contribution in [3.05, 3.63) is 89.2 Å². The van der Waals surface area contributed by atoms with E-state index in [2.05, 4.69) is 5.32 Å². The Morgan fingerprint density at radius 2 is 1.73 bits per heavy atom. The van der Waals surface area contributed by atoms with E-state index < -0.39 is 11.9 Å². The Morgan fingerprint density at radius 3 is 2.45 bits per heavy atom. The van der Waals surface area contributed by atoms with E-state index in [0.29, 0.717) is 41.5 Å².